The molecule has 0 aliphatic carbocycles. The van der Waals surface area contributed by atoms with Crippen LogP contribution in [0.5, 0.6) is 0 Å². The average Bonchev–Trinajstić information content (AvgIpc) is 3.33. The van der Waals surface area contributed by atoms with E-state index in [0.29, 0.717) is 0 Å². The second kappa shape index (κ2) is 7.46. The van der Waals surface area contributed by atoms with E-state index < -0.39 is 0 Å². The van der Waals surface area contributed by atoms with Gasteiger partial charge in [-0.3, -0.25) is 5.10 Å². The lowest BCUT2D eigenvalue weighted by Crippen LogP contribution is -2.44. The summed E-state index contributed by atoms with van der Waals surface area (Å²) in [5.74, 6) is 0.825. The van der Waals surface area contributed by atoms with E-state index in [2.05, 4.69) is 67.7 Å². The first-order valence-electron chi connectivity index (χ1n) is 9.73. The van der Waals surface area contributed by atoms with Gasteiger partial charge in [-0.25, -0.2) is 9.97 Å². The normalized spacial score (nSPS) is 15.2. The molecule has 4 aromatic rings. The molecule has 148 valence electrons. The fourth-order valence-electron chi connectivity index (χ4n) is 3.65. The SMILES string of the molecule is Cc1[nH]ncc1-c1ccc2nc(Nc3cc(N4CCN(C)CC4)ccn3)sc2c1. The number of hydrogen-bond acceptors (Lipinski definition) is 7. The molecule has 1 fully saturated rings. The Morgan fingerprint density at radius 1 is 1.10 bits per heavy atom. The lowest BCUT2D eigenvalue weighted by molar-refractivity contribution is 0.313. The van der Waals surface area contributed by atoms with Crippen LogP contribution < -0.4 is 10.2 Å². The van der Waals surface area contributed by atoms with Crippen molar-refractivity contribution < 1.29 is 0 Å². The molecule has 0 spiro atoms. The number of benzene rings is 1. The largest absolute Gasteiger partial charge is 0.369 e. The maximum Gasteiger partial charge on any atom is 0.189 e. The van der Waals surface area contributed by atoms with Crippen molar-refractivity contribution in [3.8, 4) is 11.1 Å². The molecule has 1 aliphatic rings. The number of nitrogens with one attached hydrogen (secondary N) is 2. The third-order valence-electron chi connectivity index (χ3n) is 5.38. The highest BCUT2D eigenvalue weighted by Crippen LogP contribution is 2.32. The Kier molecular flexibility index (Phi) is 4.65. The van der Waals surface area contributed by atoms with Gasteiger partial charge in [-0.05, 0) is 37.7 Å². The highest BCUT2D eigenvalue weighted by atomic mass is 32.1. The molecule has 0 amide bonds. The highest BCUT2D eigenvalue weighted by Gasteiger charge is 2.15. The summed E-state index contributed by atoms with van der Waals surface area (Å²) in [6.07, 6.45) is 3.73. The van der Waals surface area contributed by atoms with E-state index in [4.69, 9.17) is 4.98 Å². The summed E-state index contributed by atoms with van der Waals surface area (Å²) in [5.41, 5.74) is 5.52. The first kappa shape index (κ1) is 18.1. The topological polar surface area (TPSA) is 73.0 Å². The van der Waals surface area contributed by atoms with Gasteiger partial charge < -0.3 is 15.1 Å². The van der Waals surface area contributed by atoms with E-state index in [1.807, 2.05) is 19.3 Å². The van der Waals surface area contributed by atoms with Crippen LogP contribution in [0, 0.1) is 6.92 Å². The van der Waals surface area contributed by atoms with E-state index in [9.17, 15) is 0 Å². The number of hydrogen-bond donors (Lipinski definition) is 2. The number of fused-ring (bicyclic) bond motifs is 1. The van der Waals surface area contributed by atoms with Crippen molar-refractivity contribution in [2.75, 3.05) is 43.4 Å². The zero-order valence-electron chi connectivity index (χ0n) is 16.5. The van der Waals surface area contributed by atoms with Gasteiger partial charge in [0.2, 0.25) is 0 Å². The molecule has 1 aliphatic heterocycles. The number of H-pyrrole nitrogens is 1. The Hall–Kier alpha value is -2.97. The minimum Gasteiger partial charge on any atom is -0.369 e. The number of rotatable bonds is 4. The van der Waals surface area contributed by atoms with Crippen molar-refractivity contribution in [3.63, 3.8) is 0 Å². The summed E-state index contributed by atoms with van der Waals surface area (Å²) in [6, 6.07) is 10.5. The monoisotopic (exact) mass is 405 g/mol. The first-order chi connectivity index (χ1) is 14.2. The highest BCUT2D eigenvalue weighted by molar-refractivity contribution is 7.22. The van der Waals surface area contributed by atoms with Crippen LogP contribution in [0.25, 0.3) is 21.3 Å². The van der Waals surface area contributed by atoms with Crippen LogP contribution in [0.2, 0.25) is 0 Å². The van der Waals surface area contributed by atoms with Crippen molar-refractivity contribution >= 4 is 38.2 Å². The zero-order valence-corrected chi connectivity index (χ0v) is 17.3. The van der Waals surface area contributed by atoms with E-state index in [-0.39, 0.29) is 0 Å². The molecule has 4 heterocycles. The summed E-state index contributed by atoms with van der Waals surface area (Å²) in [4.78, 5) is 14.0. The van der Waals surface area contributed by atoms with E-state index in [0.717, 1.165) is 64.2 Å². The Labute approximate surface area is 173 Å². The summed E-state index contributed by atoms with van der Waals surface area (Å²) in [6.45, 7) is 6.28. The van der Waals surface area contributed by atoms with Gasteiger partial charge in [0.25, 0.3) is 0 Å². The number of aromatic nitrogens is 4. The minimum absolute atomic E-state index is 0.825. The molecule has 1 saturated heterocycles. The molecule has 3 aromatic heterocycles. The van der Waals surface area contributed by atoms with Crippen LogP contribution in [0.1, 0.15) is 5.69 Å². The van der Waals surface area contributed by atoms with Crippen LogP contribution in [-0.4, -0.2) is 58.3 Å². The van der Waals surface area contributed by atoms with Gasteiger partial charge in [0.05, 0.1) is 16.4 Å². The molecule has 7 nitrogen and oxygen atoms in total. The van der Waals surface area contributed by atoms with Crippen LogP contribution in [0.4, 0.5) is 16.6 Å². The standard InChI is InChI=1S/C21H23N7S/c1-14-17(13-23-26-14)15-3-4-18-19(11-15)29-21(24-18)25-20-12-16(5-6-22-20)28-9-7-27(2)8-10-28/h3-6,11-13H,7-10H2,1-2H3,(H,23,26)(H,22,24,25). The predicted molar refractivity (Wildman–Crippen MR) is 119 cm³/mol. The summed E-state index contributed by atoms with van der Waals surface area (Å²) >= 11 is 1.64. The van der Waals surface area contributed by atoms with E-state index in [1.165, 1.54) is 5.69 Å². The number of pyridine rings is 1. The molecule has 0 radical (unpaired) electrons. The molecular formula is C21H23N7S. The van der Waals surface area contributed by atoms with Gasteiger partial charge in [0, 0.05) is 55.4 Å². The number of aryl methyl sites for hydroxylation is 1. The van der Waals surface area contributed by atoms with E-state index in [1.54, 1.807) is 11.3 Å². The molecule has 2 N–H and O–H groups in total. The molecule has 5 rings (SSSR count). The third-order valence-corrected chi connectivity index (χ3v) is 6.31. The van der Waals surface area contributed by atoms with Gasteiger partial charge in [0.1, 0.15) is 5.82 Å². The number of nitrogens with zero attached hydrogens (tertiary/aromatic N) is 5. The zero-order chi connectivity index (χ0) is 19.8. The van der Waals surface area contributed by atoms with Crippen molar-refractivity contribution in [1.29, 1.82) is 0 Å². The van der Waals surface area contributed by atoms with Crippen LogP contribution in [0.3, 0.4) is 0 Å². The number of aromatic amines is 1. The summed E-state index contributed by atoms with van der Waals surface area (Å²) in [5, 5.41) is 11.4. The molecular weight excluding hydrogens is 382 g/mol. The predicted octanol–water partition coefficient (Wildman–Crippen LogP) is 3.89. The second-order valence-corrected chi connectivity index (χ2v) is 8.46. The van der Waals surface area contributed by atoms with Gasteiger partial charge in [0.15, 0.2) is 5.13 Å². The molecule has 1 aromatic carbocycles. The minimum atomic E-state index is 0.825. The first-order valence-corrected chi connectivity index (χ1v) is 10.5. The van der Waals surface area contributed by atoms with E-state index >= 15 is 0 Å². The van der Waals surface area contributed by atoms with Gasteiger partial charge in [-0.2, -0.15) is 5.10 Å². The maximum absolute atomic E-state index is 4.73. The van der Waals surface area contributed by atoms with Gasteiger partial charge >= 0.3 is 0 Å². The molecule has 8 heteroatoms. The Morgan fingerprint density at radius 2 is 1.97 bits per heavy atom. The molecule has 0 saturated carbocycles. The lowest BCUT2D eigenvalue weighted by Gasteiger charge is -2.34. The summed E-state index contributed by atoms with van der Waals surface area (Å²) < 4.78 is 1.14. The number of anilines is 3. The fourth-order valence-corrected chi connectivity index (χ4v) is 4.56. The van der Waals surface area contributed by atoms with Crippen molar-refractivity contribution in [2.24, 2.45) is 0 Å². The van der Waals surface area contributed by atoms with Gasteiger partial charge in [-0.15, -0.1) is 0 Å². The molecule has 0 unspecified atom stereocenters. The quantitative estimate of drug-likeness (QED) is 0.537. The number of thiazole rings is 1. The van der Waals surface area contributed by atoms with Crippen LogP contribution in [0.15, 0.2) is 42.7 Å². The van der Waals surface area contributed by atoms with Crippen molar-refractivity contribution in [1.82, 2.24) is 25.1 Å². The second-order valence-electron chi connectivity index (χ2n) is 7.42. The third kappa shape index (κ3) is 3.68. The Bertz CT molecular complexity index is 1140. The number of likely N-dealkylation sites (N-methyl/N-ethyl adjacent to an activating group) is 1. The molecule has 0 atom stereocenters. The molecule has 29 heavy (non-hydrogen) atoms. The van der Waals surface area contributed by atoms with Crippen LogP contribution >= 0.6 is 11.3 Å². The Balaban J connectivity index is 1.38. The molecule has 0 bridgehead atoms. The smallest absolute Gasteiger partial charge is 0.189 e. The Morgan fingerprint density at radius 3 is 2.76 bits per heavy atom. The van der Waals surface area contributed by atoms with Gasteiger partial charge in [-0.1, -0.05) is 17.4 Å². The van der Waals surface area contributed by atoms with Crippen molar-refractivity contribution in [2.45, 2.75) is 6.92 Å². The van der Waals surface area contributed by atoms with Crippen molar-refractivity contribution in [3.05, 3.63) is 48.4 Å². The van der Waals surface area contributed by atoms with Crippen LogP contribution in [-0.2, 0) is 0 Å². The average molecular weight is 406 g/mol. The summed E-state index contributed by atoms with van der Waals surface area (Å²) in [7, 11) is 2.17. The fraction of sp³-hybridized carbons (Fsp3) is 0.286. The maximum atomic E-state index is 4.73. The lowest BCUT2D eigenvalue weighted by atomic mass is 10.1. The number of piperazine rings is 1.